The van der Waals surface area contributed by atoms with Crippen molar-refractivity contribution in [3.05, 3.63) is 28.5 Å². The highest BCUT2D eigenvalue weighted by atomic mass is 79.9. The Bertz CT molecular complexity index is 336. The first-order valence-corrected chi connectivity index (χ1v) is 6.29. The SMILES string of the molecule is COCCCOCCNc1ccc(Br)cc1F. The molecule has 17 heavy (non-hydrogen) atoms. The summed E-state index contributed by atoms with van der Waals surface area (Å²) in [6.45, 7) is 2.51. The molecule has 0 fully saturated rings. The van der Waals surface area contributed by atoms with Gasteiger partial charge in [-0.25, -0.2) is 4.39 Å². The Hall–Kier alpha value is -0.650. The lowest BCUT2D eigenvalue weighted by molar-refractivity contribution is 0.109. The van der Waals surface area contributed by atoms with E-state index in [9.17, 15) is 4.39 Å². The zero-order valence-corrected chi connectivity index (χ0v) is 11.4. The van der Waals surface area contributed by atoms with E-state index < -0.39 is 0 Å². The molecule has 0 unspecified atom stereocenters. The van der Waals surface area contributed by atoms with Crippen molar-refractivity contribution in [2.75, 3.05) is 38.8 Å². The fourth-order valence-corrected chi connectivity index (χ4v) is 1.63. The highest BCUT2D eigenvalue weighted by Gasteiger charge is 2.01. The van der Waals surface area contributed by atoms with Crippen LogP contribution in [0.4, 0.5) is 10.1 Å². The first-order chi connectivity index (χ1) is 8.24. The second-order valence-electron chi connectivity index (χ2n) is 3.51. The van der Waals surface area contributed by atoms with E-state index in [1.807, 2.05) is 0 Å². The van der Waals surface area contributed by atoms with Gasteiger partial charge in [0.25, 0.3) is 0 Å². The highest BCUT2D eigenvalue weighted by Crippen LogP contribution is 2.18. The minimum absolute atomic E-state index is 0.265. The van der Waals surface area contributed by atoms with Gasteiger partial charge in [-0.1, -0.05) is 15.9 Å². The molecule has 0 aliphatic carbocycles. The van der Waals surface area contributed by atoms with Crippen LogP contribution in [-0.4, -0.2) is 33.5 Å². The molecule has 0 bridgehead atoms. The van der Waals surface area contributed by atoms with E-state index in [0.717, 1.165) is 10.9 Å². The first-order valence-electron chi connectivity index (χ1n) is 5.49. The molecule has 3 nitrogen and oxygen atoms in total. The third kappa shape index (κ3) is 6.00. The quantitative estimate of drug-likeness (QED) is 0.749. The minimum Gasteiger partial charge on any atom is -0.385 e. The number of hydrogen-bond acceptors (Lipinski definition) is 3. The van der Waals surface area contributed by atoms with Crippen LogP contribution in [0, 0.1) is 5.82 Å². The number of ether oxygens (including phenoxy) is 2. The van der Waals surface area contributed by atoms with E-state index in [2.05, 4.69) is 21.2 Å². The van der Waals surface area contributed by atoms with E-state index in [4.69, 9.17) is 9.47 Å². The molecule has 1 aromatic rings. The lowest BCUT2D eigenvalue weighted by atomic mass is 10.3. The van der Waals surface area contributed by atoms with Crippen LogP contribution in [0.25, 0.3) is 0 Å². The predicted molar refractivity (Wildman–Crippen MR) is 69.9 cm³/mol. The molecular formula is C12H17BrFNO2. The fourth-order valence-electron chi connectivity index (χ4n) is 1.30. The van der Waals surface area contributed by atoms with Crippen LogP contribution in [0.1, 0.15) is 6.42 Å². The number of hydrogen-bond donors (Lipinski definition) is 1. The second kappa shape index (κ2) is 8.44. The summed E-state index contributed by atoms with van der Waals surface area (Å²) in [7, 11) is 1.66. The van der Waals surface area contributed by atoms with Gasteiger partial charge in [-0.15, -0.1) is 0 Å². The molecule has 0 radical (unpaired) electrons. The molecule has 0 amide bonds. The summed E-state index contributed by atoms with van der Waals surface area (Å²) >= 11 is 3.21. The number of rotatable bonds is 8. The van der Waals surface area contributed by atoms with Gasteiger partial charge in [0.05, 0.1) is 12.3 Å². The smallest absolute Gasteiger partial charge is 0.147 e. The van der Waals surface area contributed by atoms with Gasteiger partial charge in [-0.2, -0.15) is 0 Å². The summed E-state index contributed by atoms with van der Waals surface area (Å²) in [6, 6.07) is 4.93. The molecule has 0 heterocycles. The number of halogens is 2. The van der Waals surface area contributed by atoms with E-state index >= 15 is 0 Å². The molecule has 0 saturated carbocycles. The molecule has 1 rings (SSSR count). The summed E-state index contributed by atoms with van der Waals surface area (Å²) in [6.07, 6.45) is 0.878. The van der Waals surface area contributed by atoms with Crippen LogP contribution in [-0.2, 0) is 9.47 Å². The van der Waals surface area contributed by atoms with E-state index in [1.54, 1.807) is 19.2 Å². The highest BCUT2D eigenvalue weighted by molar-refractivity contribution is 9.10. The molecule has 5 heteroatoms. The third-order valence-corrected chi connectivity index (χ3v) is 2.62. The maximum absolute atomic E-state index is 13.4. The van der Waals surface area contributed by atoms with Gasteiger partial charge in [0.2, 0.25) is 0 Å². The summed E-state index contributed by atoms with van der Waals surface area (Å²) in [5, 5.41) is 2.98. The average molecular weight is 306 g/mol. The molecule has 0 saturated heterocycles. The van der Waals surface area contributed by atoms with Crippen molar-refractivity contribution in [1.82, 2.24) is 0 Å². The minimum atomic E-state index is -0.265. The Morgan fingerprint density at radius 3 is 2.82 bits per heavy atom. The molecule has 0 aliphatic rings. The Morgan fingerprint density at radius 1 is 1.29 bits per heavy atom. The molecule has 1 aromatic carbocycles. The lowest BCUT2D eigenvalue weighted by Gasteiger charge is -2.08. The zero-order chi connectivity index (χ0) is 12.5. The van der Waals surface area contributed by atoms with Gasteiger partial charge < -0.3 is 14.8 Å². The first kappa shape index (κ1) is 14.4. The van der Waals surface area contributed by atoms with Gasteiger partial charge in [0.1, 0.15) is 5.82 Å². The van der Waals surface area contributed by atoms with Gasteiger partial charge in [0.15, 0.2) is 0 Å². The van der Waals surface area contributed by atoms with Crippen molar-refractivity contribution < 1.29 is 13.9 Å². The van der Waals surface area contributed by atoms with Gasteiger partial charge >= 0.3 is 0 Å². The van der Waals surface area contributed by atoms with Crippen LogP contribution in [0.15, 0.2) is 22.7 Å². The normalized spacial score (nSPS) is 10.5. The number of nitrogens with one attached hydrogen (secondary N) is 1. The summed E-state index contributed by atoms with van der Waals surface area (Å²) in [5.41, 5.74) is 0.494. The van der Waals surface area contributed by atoms with E-state index in [0.29, 0.717) is 32.1 Å². The molecule has 0 spiro atoms. The molecular weight excluding hydrogens is 289 g/mol. The van der Waals surface area contributed by atoms with E-state index in [-0.39, 0.29) is 5.82 Å². The number of anilines is 1. The van der Waals surface area contributed by atoms with Crippen LogP contribution < -0.4 is 5.32 Å². The largest absolute Gasteiger partial charge is 0.385 e. The van der Waals surface area contributed by atoms with Crippen molar-refractivity contribution in [2.45, 2.75) is 6.42 Å². The van der Waals surface area contributed by atoms with Crippen molar-refractivity contribution in [1.29, 1.82) is 0 Å². The summed E-state index contributed by atoms with van der Waals surface area (Å²) < 4.78 is 24.4. The lowest BCUT2D eigenvalue weighted by Crippen LogP contribution is -2.11. The van der Waals surface area contributed by atoms with Gasteiger partial charge in [-0.05, 0) is 24.6 Å². The molecule has 1 N–H and O–H groups in total. The van der Waals surface area contributed by atoms with Crippen molar-refractivity contribution >= 4 is 21.6 Å². The van der Waals surface area contributed by atoms with Crippen LogP contribution in [0.3, 0.4) is 0 Å². The van der Waals surface area contributed by atoms with Gasteiger partial charge in [0, 0.05) is 31.3 Å². The maximum Gasteiger partial charge on any atom is 0.147 e. The topological polar surface area (TPSA) is 30.5 Å². The fraction of sp³-hybridized carbons (Fsp3) is 0.500. The Morgan fingerprint density at radius 2 is 2.12 bits per heavy atom. The number of methoxy groups -OCH3 is 1. The van der Waals surface area contributed by atoms with Gasteiger partial charge in [-0.3, -0.25) is 0 Å². The maximum atomic E-state index is 13.4. The van der Waals surface area contributed by atoms with Crippen LogP contribution in [0.2, 0.25) is 0 Å². The number of benzene rings is 1. The van der Waals surface area contributed by atoms with Crippen LogP contribution in [0.5, 0.6) is 0 Å². The average Bonchev–Trinajstić information content (AvgIpc) is 2.30. The molecule has 96 valence electrons. The monoisotopic (exact) mass is 305 g/mol. The summed E-state index contributed by atoms with van der Waals surface area (Å²) in [4.78, 5) is 0. The van der Waals surface area contributed by atoms with Crippen molar-refractivity contribution in [2.24, 2.45) is 0 Å². The Kier molecular flexibility index (Phi) is 7.16. The third-order valence-electron chi connectivity index (χ3n) is 2.13. The predicted octanol–water partition coefficient (Wildman–Crippen LogP) is 3.05. The van der Waals surface area contributed by atoms with Crippen molar-refractivity contribution in [3.8, 4) is 0 Å². The Labute approximate surface area is 109 Å². The molecule has 0 atom stereocenters. The second-order valence-corrected chi connectivity index (χ2v) is 4.43. The Balaban J connectivity index is 2.14. The standard InChI is InChI=1S/C12H17BrFNO2/c1-16-6-2-7-17-8-5-15-12-4-3-10(13)9-11(12)14/h3-4,9,15H,2,5-8H2,1H3. The molecule has 0 aromatic heterocycles. The van der Waals surface area contributed by atoms with Crippen LogP contribution >= 0.6 is 15.9 Å². The molecule has 0 aliphatic heterocycles. The summed E-state index contributed by atoms with van der Waals surface area (Å²) in [5.74, 6) is -0.265. The van der Waals surface area contributed by atoms with E-state index in [1.165, 1.54) is 6.07 Å². The van der Waals surface area contributed by atoms with Crippen molar-refractivity contribution in [3.63, 3.8) is 0 Å². The zero-order valence-electron chi connectivity index (χ0n) is 9.84.